The number of halogens is 2. The highest BCUT2D eigenvalue weighted by molar-refractivity contribution is 9.10. The Morgan fingerprint density at radius 2 is 1.94 bits per heavy atom. The number of nitrogens with two attached hydrogens (primary N) is 1. The third-order valence-corrected chi connectivity index (χ3v) is 3.31. The summed E-state index contributed by atoms with van der Waals surface area (Å²) in [4.78, 5) is 0. The molecule has 0 aliphatic heterocycles. The standard InChI is InChI=1S/C13H11BrClNO/c14-12-5-2-6-13(16)11(12)8-17-10-4-1-3-9(15)7-10/h1-7H,8,16H2. The summed E-state index contributed by atoms with van der Waals surface area (Å²) in [6.45, 7) is 0.410. The molecule has 4 heteroatoms. The third-order valence-electron chi connectivity index (χ3n) is 2.33. The van der Waals surface area contributed by atoms with E-state index in [0.29, 0.717) is 17.3 Å². The minimum absolute atomic E-state index is 0.410. The van der Waals surface area contributed by atoms with E-state index in [1.54, 1.807) is 12.1 Å². The van der Waals surface area contributed by atoms with Gasteiger partial charge < -0.3 is 10.5 Å². The van der Waals surface area contributed by atoms with Crippen molar-refractivity contribution in [2.45, 2.75) is 6.61 Å². The van der Waals surface area contributed by atoms with Crippen LogP contribution in [0, 0.1) is 0 Å². The lowest BCUT2D eigenvalue weighted by Crippen LogP contribution is -2.01. The molecule has 2 aromatic rings. The zero-order chi connectivity index (χ0) is 12.3. The molecule has 2 rings (SSSR count). The van der Waals surface area contributed by atoms with Gasteiger partial charge in [-0.1, -0.05) is 39.7 Å². The number of ether oxygens (including phenoxy) is 1. The topological polar surface area (TPSA) is 35.2 Å². The van der Waals surface area contributed by atoms with Gasteiger partial charge in [0.05, 0.1) is 0 Å². The molecule has 2 N–H and O–H groups in total. The summed E-state index contributed by atoms with van der Waals surface area (Å²) in [6.07, 6.45) is 0. The number of hydrogen-bond acceptors (Lipinski definition) is 2. The van der Waals surface area contributed by atoms with Crippen LogP contribution < -0.4 is 10.5 Å². The van der Waals surface area contributed by atoms with E-state index in [1.807, 2.05) is 30.3 Å². The second kappa shape index (κ2) is 5.43. The first-order chi connectivity index (χ1) is 8.16. The molecule has 0 aliphatic rings. The Morgan fingerprint density at radius 1 is 1.18 bits per heavy atom. The van der Waals surface area contributed by atoms with E-state index in [2.05, 4.69) is 15.9 Å². The summed E-state index contributed by atoms with van der Waals surface area (Å²) in [7, 11) is 0. The zero-order valence-corrected chi connectivity index (χ0v) is 11.3. The summed E-state index contributed by atoms with van der Waals surface area (Å²) in [5.41, 5.74) is 7.53. The Bertz CT molecular complexity index is 510. The number of anilines is 1. The van der Waals surface area contributed by atoms with Crippen LogP contribution in [0.2, 0.25) is 5.02 Å². The Balaban J connectivity index is 2.13. The Hall–Kier alpha value is -1.19. The van der Waals surface area contributed by atoms with Gasteiger partial charge in [0.25, 0.3) is 0 Å². The lowest BCUT2D eigenvalue weighted by Gasteiger charge is -2.10. The molecule has 0 atom stereocenters. The quantitative estimate of drug-likeness (QED) is 0.859. The Labute approximate surface area is 113 Å². The second-order valence-electron chi connectivity index (χ2n) is 3.55. The monoisotopic (exact) mass is 311 g/mol. The number of benzene rings is 2. The Kier molecular flexibility index (Phi) is 3.92. The third kappa shape index (κ3) is 3.14. The summed E-state index contributed by atoms with van der Waals surface area (Å²) in [5.74, 6) is 0.729. The first-order valence-corrected chi connectivity index (χ1v) is 6.25. The van der Waals surface area contributed by atoms with Gasteiger partial charge >= 0.3 is 0 Å². The molecule has 0 heterocycles. The van der Waals surface area contributed by atoms with Crippen LogP contribution in [0.3, 0.4) is 0 Å². The average molecular weight is 313 g/mol. The van der Waals surface area contributed by atoms with Gasteiger partial charge in [0.2, 0.25) is 0 Å². The zero-order valence-electron chi connectivity index (χ0n) is 8.99. The molecule has 17 heavy (non-hydrogen) atoms. The van der Waals surface area contributed by atoms with Crippen molar-refractivity contribution in [2.24, 2.45) is 0 Å². The van der Waals surface area contributed by atoms with Crippen LogP contribution in [0.4, 0.5) is 5.69 Å². The van der Waals surface area contributed by atoms with Gasteiger partial charge in [-0.05, 0) is 30.3 Å². The van der Waals surface area contributed by atoms with E-state index in [-0.39, 0.29) is 0 Å². The van der Waals surface area contributed by atoms with E-state index in [9.17, 15) is 0 Å². The van der Waals surface area contributed by atoms with Crippen molar-refractivity contribution in [2.75, 3.05) is 5.73 Å². The van der Waals surface area contributed by atoms with Gasteiger partial charge in [-0.25, -0.2) is 0 Å². The van der Waals surface area contributed by atoms with Crippen LogP contribution >= 0.6 is 27.5 Å². The van der Waals surface area contributed by atoms with Crippen molar-refractivity contribution in [3.63, 3.8) is 0 Å². The second-order valence-corrected chi connectivity index (χ2v) is 4.84. The highest BCUT2D eigenvalue weighted by atomic mass is 79.9. The normalized spacial score (nSPS) is 10.2. The van der Waals surface area contributed by atoms with Gasteiger partial charge in [-0.2, -0.15) is 0 Å². The molecule has 88 valence electrons. The molecule has 0 radical (unpaired) electrons. The van der Waals surface area contributed by atoms with Crippen molar-refractivity contribution in [1.29, 1.82) is 0 Å². The van der Waals surface area contributed by atoms with Crippen LogP contribution in [0.15, 0.2) is 46.9 Å². The molecule has 0 bridgehead atoms. The number of nitrogen functional groups attached to an aromatic ring is 1. The fourth-order valence-electron chi connectivity index (χ4n) is 1.44. The Morgan fingerprint density at radius 3 is 2.65 bits per heavy atom. The van der Waals surface area contributed by atoms with E-state index in [1.165, 1.54) is 0 Å². The summed E-state index contributed by atoms with van der Waals surface area (Å²) in [5, 5.41) is 0.655. The lowest BCUT2D eigenvalue weighted by atomic mass is 10.2. The predicted octanol–water partition coefficient (Wildman–Crippen LogP) is 4.26. The van der Waals surface area contributed by atoms with Gasteiger partial charge in [0.1, 0.15) is 12.4 Å². The minimum atomic E-state index is 0.410. The molecule has 2 nitrogen and oxygen atoms in total. The summed E-state index contributed by atoms with van der Waals surface area (Å²) >= 11 is 9.32. The van der Waals surface area contributed by atoms with E-state index in [4.69, 9.17) is 22.1 Å². The van der Waals surface area contributed by atoms with Crippen LogP contribution in [-0.4, -0.2) is 0 Å². The number of rotatable bonds is 3. The highest BCUT2D eigenvalue weighted by Crippen LogP contribution is 2.25. The molecule has 0 aliphatic carbocycles. The van der Waals surface area contributed by atoms with E-state index >= 15 is 0 Å². The molecule has 0 saturated carbocycles. The molecule has 0 unspecified atom stereocenters. The molecule has 2 aromatic carbocycles. The van der Waals surface area contributed by atoms with Crippen molar-refractivity contribution >= 4 is 33.2 Å². The van der Waals surface area contributed by atoms with Crippen LogP contribution in [-0.2, 0) is 6.61 Å². The molecule has 0 aromatic heterocycles. The van der Waals surface area contributed by atoms with E-state index in [0.717, 1.165) is 15.8 Å². The predicted molar refractivity (Wildman–Crippen MR) is 74.3 cm³/mol. The maximum absolute atomic E-state index is 5.88. The van der Waals surface area contributed by atoms with Crippen LogP contribution in [0.25, 0.3) is 0 Å². The molecule has 0 fully saturated rings. The van der Waals surface area contributed by atoms with Crippen molar-refractivity contribution in [3.8, 4) is 5.75 Å². The maximum Gasteiger partial charge on any atom is 0.121 e. The van der Waals surface area contributed by atoms with Crippen LogP contribution in [0.1, 0.15) is 5.56 Å². The average Bonchev–Trinajstić information content (AvgIpc) is 2.28. The molecule has 0 spiro atoms. The summed E-state index contributed by atoms with van der Waals surface area (Å²) < 4.78 is 6.58. The highest BCUT2D eigenvalue weighted by Gasteiger charge is 2.05. The van der Waals surface area contributed by atoms with Gasteiger partial charge in [0.15, 0.2) is 0 Å². The molecular weight excluding hydrogens is 302 g/mol. The SMILES string of the molecule is Nc1cccc(Br)c1COc1cccc(Cl)c1. The fourth-order valence-corrected chi connectivity index (χ4v) is 2.12. The van der Waals surface area contributed by atoms with Gasteiger partial charge in [0, 0.05) is 20.7 Å². The fraction of sp³-hybridized carbons (Fsp3) is 0.0769. The molecule has 0 saturated heterocycles. The maximum atomic E-state index is 5.88. The van der Waals surface area contributed by atoms with Crippen LogP contribution in [0.5, 0.6) is 5.75 Å². The van der Waals surface area contributed by atoms with Crippen molar-refractivity contribution in [3.05, 3.63) is 57.5 Å². The molecular formula is C13H11BrClNO. The minimum Gasteiger partial charge on any atom is -0.489 e. The first kappa shape index (κ1) is 12.3. The lowest BCUT2D eigenvalue weighted by molar-refractivity contribution is 0.306. The number of hydrogen-bond donors (Lipinski definition) is 1. The molecule has 0 amide bonds. The first-order valence-electron chi connectivity index (χ1n) is 5.08. The van der Waals surface area contributed by atoms with Gasteiger partial charge in [-0.3, -0.25) is 0 Å². The van der Waals surface area contributed by atoms with Crippen molar-refractivity contribution in [1.82, 2.24) is 0 Å². The smallest absolute Gasteiger partial charge is 0.121 e. The summed E-state index contributed by atoms with van der Waals surface area (Å²) in [6, 6.07) is 13.0. The largest absolute Gasteiger partial charge is 0.489 e. The van der Waals surface area contributed by atoms with Crippen molar-refractivity contribution < 1.29 is 4.74 Å². The van der Waals surface area contributed by atoms with Gasteiger partial charge in [-0.15, -0.1) is 0 Å². The van der Waals surface area contributed by atoms with E-state index < -0.39 is 0 Å².